The molecule has 0 spiro atoms. The number of thiol groups is 1. The molecule has 1 aromatic heterocycles. The highest BCUT2D eigenvalue weighted by atomic mass is 32.1. The monoisotopic (exact) mass is 337 g/mol. The van der Waals surface area contributed by atoms with Gasteiger partial charge in [0, 0.05) is 30.6 Å². The second-order valence-corrected chi connectivity index (χ2v) is 5.25. The number of hydrogen-bond acceptors (Lipinski definition) is 8. The van der Waals surface area contributed by atoms with Gasteiger partial charge in [0.2, 0.25) is 0 Å². The van der Waals surface area contributed by atoms with Crippen LogP contribution in [0.1, 0.15) is 12.8 Å². The van der Waals surface area contributed by atoms with E-state index in [4.69, 9.17) is 15.2 Å². The van der Waals surface area contributed by atoms with Crippen LogP contribution in [0.5, 0.6) is 11.5 Å². The highest BCUT2D eigenvalue weighted by molar-refractivity contribution is 7.77. The Kier molecular flexibility index (Phi) is 6.26. The van der Waals surface area contributed by atoms with E-state index in [-0.39, 0.29) is 0 Å². The fourth-order valence-electron chi connectivity index (χ4n) is 2.73. The summed E-state index contributed by atoms with van der Waals surface area (Å²) in [7, 11) is 3.25. The lowest BCUT2D eigenvalue weighted by molar-refractivity contribution is 0.355. The fourth-order valence-corrected chi connectivity index (χ4v) is 2.73. The third-order valence-corrected chi connectivity index (χ3v) is 3.96. The lowest BCUT2D eigenvalue weighted by Crippen LogP contribution is -2.40. The topological polar surface area (TPSA) is 99.5 Å². The predicted octanol–water partition coefficient (Wildman–Crippen LogP) is 1.36. The lowest BCUT2D eigenvalue weighted by Gasteiger charge is -2.31. The van der Waals surface area contributed by atoms with Crippen LogP contribution in [-0.4, -0.2) is 43.3 Å². The molecule has 0 aliphatic carbocycles. The first-order chi connectivity index (χ1) is 11.2. The second-order valence-electron chi connectivity index (χ2n) is 5.25. The lowest BCUT2D eigenvalue weighted by atomic mass is 10.1. The first kappa shape index (κ1) is 17.6. The average molecular weight is 337 g/mol. The van der Waals surface area contributed by atoms with Gasteiger partial charge in [0.25, 0.3) is 0 Å². The zero-order valence-corrected chi connectivity index (χ0v) is 14.3. The molecule has 23 heavy (non-hydrogen) atoms. The van der Waals surface area contributed by atoms with Crippen LogP contribution in [0.2, 0.25) is 0 Å². The molecule has 126 valence electrons. The summed E-state index contributed by atoms with van der Waals surface area (Å²) in [5, 5.41) is 5.17. The minimum atomic E-state index is 0.295. The normalized spacial score (nSPS) is 15.1. The van der Waals surface area contributed by atoms with E-state index in [1.165, 1.54) is 0 Å². The van der Waals surface area contributed by atoms with Gasteiger partial charge in [-0.3, -0.25) is 5.14 Å². The van der Waals surface area contributed by atoms with E-state index in [0.717, 1.165) is 42.7 Å². The van der Waals surface area contributed by atoms with Crippen molar-refractivity contribution >= 4 is 29.5 Å². The molecule has 0 bridgehead atoms. The molecule has 0 atom stereocenters. The van der Waals surface area contributed by atoms with Crippen LogP contribution < -0.4 is 25.2 Å². The highest BCUT2D eigenvalue weighted by Gasteiger charge is 2.20. The van der Waals surface area contributed by atoms with Crippen LogP contribution >= 0.6 is 12.8 Å². The summed E-state index contributed by atoms with van der Waals surface area (Å²) in [6.45, 7) is 1.84. The molecule has 3 rings (SSSR count). The van der Waals surface area contributed by atoms with Gasteiger partial charge in [-0.05, 0) is 18.9 Å². The number of rotatable bonds is 3. The summed E-state index contributed by atoms with van der Waals surface area (Å²) >= 11 is 3.03. The van der Waals surface area contributed by atoms with Gasteiger partial charge >= 0.3 is 0 Å². The van der Waals surface area contributed by atoms with E-state index in [9.17, 15) is 0 Å². The second kappa shape index (κ2) is 8.19. The Morgan fingerprint density at radius 3 is 2.30 bits per heavy atom. The number of benzene rings is 1. The number of nitrogens with zero attached hydrogens (tertiary/aromatic N) is 3. The number of anilines is 1. The van der Waals surface area contributed by atoms with Gasteiger partial charge in [-0.2, -0.15) is 0 Å². The van der Waals surface area contributed by atoms with Crippen molar-refractivity contribution < 1.29 is 9.47 Å². The smallest absolute Gasteiger partial charge is 0.162 e. The molecule has 1 aliphatic rings. The molecule has 1 aliphatic heterocycles. The van der Waals surface area contributed by atoms with Gasteiger partial charge in [0.05, 0.1) is 19.7 Å². The molecule has 1 aromatic carbocycles. The SMILES string of the molecule is COc1cc2ncnc(N3CCC(N)CC3)c2cc1OC.NS. The molecular weight excluding hydrogens is 314 g/mol. The van der Waals surface area contributed by atoms with Gasteiger partial charge < -0.3 is 20.1 Å². The summed E-state index contributed by atoms with van der Waals surface area (Å²) in [5.74, 6) is 2.30. The number of ether oxygens (including phenoxy) is 2. The Balaban J connectivity index is 0.000000924. The van der Waals surface area contributed by atoms with Crippen molar-refractivity contribution in [2.45, 2.75) is 18.9 Å². The predicted molar refractivity (Wildman–Crippen MR) is 95.2 cm³/mol. The molecular formula is C15H23N5O2S. The maximum absolute atomic E-state index is 5.98. The minimum absolute atomic E-state index is 0.295. The highest BCUT2D eigenvalue weighted by Crippen LogP contribution is 2.35. The van der Waals surface area contributed by atoms with E-state index < -0.39 is 0 Å². The van der Waals surface area contributed by atoms with Crippen LogP contribution in [0, 0.1) is 0 Å². The average Bonchev–Trinajstić information content (AvgIpc) is 2.62. The number of fused-ring (bicyclic) bond motifs is 1. The van der Waals surface area contributed by atoms with E-state index in [1.807, 2.05) is 12.1 Å². The molecule has 1 fully saturated rings. The fraction of sp³-hybridized carbons (Fsp3) is 0.467. The standard InChI is InChI=1S/C15H20N4O2.H3NS/c1-20-13-7-11-12(8-14(13)21-2)17-9-18-15(11)19-5-3-10(16)4-6-19;1-2/h7-10H,3-6,16H2,1-2H3;2H,1H2. The molecule has 1 saturated heterocycles. The quantitative estimate of drug-likeness (QED) is 0.727. The molecule has 2 heterocycles. The van der Waals surface area contributed by atoms with Crippen LogP contribution in [-0.2, 0) is 0 Å². The summed E-state index contributed by atoms with van der Waals surface area (Å²) in [6, 6.07) is 4.12. The Hall–Kier alpha value is -1.77. The van der Waals surface area contributed by atoms with Crippen molar-refractivity contribution in [2.75, 3.05) is 32.2 Å². The molecule has 0 radical (unpaired) electrons. The minimum Gasteiger partial charge on any atom is -0.493 e. The van der Waals surface area contributed by atoms with Crippen LogP contribution in [0.4, 0.5) is 5.82 Å². The van der Waals surface area contributed by atoms with Crippen molar-refractivity contribution in [2.24, 2.45) is 10.9 Å². The van der Waals surface area contributed by atoms with Crippen molar-refractivity contribution in [3.8, 4) is 11.5 Å². The Bertz CT molecular complexity index is 647. The Labute approximate surface area is 141 Å². The molecule has 2 aromatic rings. The van der Waals surface area contributed by atoms with Crippen molar-refractivity contribution in [1.82, 2.24) is 9.97 Å². The number of methoxy groups -OCH3 is 2. The molecule has 8 heteroatoms. The summed E-state index contributed by atoms with van der Waals surface area (Å²) in [6.07, 6.45) is 3.57. The van der Waals surface area contributed by atoms with Gasteiger partial charge in [0.15, 0.2) is 11.5 Å². The van der Waals surface area contributed by atoms with Gasteiger partial charge in [-0.25, -0.2) is 9.97 Å². The molecule has 0 saturated carbocycles. The molecule has 7 nitrogen and oxygen atoms in total. The van der Waals surface area contributed by atoms with Gasteiger partial charge in [-0.15, -0.1) is 12.8 Å². The van der Waals surface area contributed by atoms with Crippen LogP contribution in [0.25, 0.3) is 10.9 Å². The number of aromatic nitrogens is 2. The first-order valence-corrected chi connectivity index (χ1v) is 7.87. The van der Waals surface area contributed by atoms with Crippen LogP contribution in [0.3, 0.4) is 0 Å². The number of nitrogens with two attached hydrogens (primary N) is 2. The maximum Gasteiger partial charge on any atom is 0.162 e. The first-order valence-electron chi connectivity index (χ1n) is 7.36. The van der Waals surface area contributed by atoms with Gasteiger partial charge in [0.1, 0.15) is 12.1 Å². The molecule has 4 N–H and O–H groups in total. The molecule has 0 unspecified atom stereocenters. The van der Waals surface area contributed by atoms with E-state index in [1.54, 1.807) is 20.5 Å². The summed E-state index contributed by atoms with van der Waals surface area (Å²) < 4.78 is 10.7. The largest absolute Gasteiger partial charge is 0.493 e. The third-order valence-electron chi connectivity index (χ3n) is 3.96. The van der Waals surface area contributed by atoms with Gasteiger partial charge in [-0.1, -0.05) is 0 Å². The zero-order chi connectivity index (χ0) is 16.8. The van der Waals surface area contributed by atoms with Crippen molar-refractivity contribution in [3.05, 3.63) is 18.5 Å². The van der Waals surface area contributed by atoms with Crippen LogP contribution in [0.15, 0.2) is 18.5 Å². The number of hydrogen-bond donors (Lipinski definition) is 3. The Morgan fingerprint density at radius 2 is 1.70 bits per heavy atom. The van der Waals surface area contributed by atoms with Crippen molar-refractivity contribution in [3.63, 3.8) is 0 Å². The van der Waals surface area contributed by atoms with E-state index in [0.29, 0.717) is 17.5 Å². The maximum atomic E-state index is 5.98. The molecule has 0 amide bonds. The Morgan fingerprint density at radius 1 is 1.09 bits per heavy atom. The van der Waals surface area contributed by atoms with E-state index in [2.05, 4.69) is 32.8 Å². The third kappa shape index (κ3) is 3.77. The summed E-state index contributed by atoms with van der Waals surface area (Å²) in [5.41, 5.74) is 6.83. The van der Waals surface area contributed by atoms with Crippen molar-refractivity contribution in [1.29, 1.82) is 0 Å². The van der Waals surface area contributed by atoms with E-state index >= 15 is 0 Å². The number of piperidine rings is 1. The summed E-state index contributed by atoms with van der Waals surface area (Å²) in [4.78, 5) is 11.1. The zero-order valence-electron chi connectivity index (χ0n) is 13.4.